The molecule has 48 valence electrons. The Morgan fingerprint density at radius 1 is 1.78 bits per heavy atom. The molecule has 0 aliphatic carbocycles. The number of rotatable bonds is 2. The molecule has 1 heterocycles. The second kappa shape index (κ2) is 3.35. The largest absolute Gasteiger partial charge is 0.278 e. The maximum atomic E-state index is 4.01. The summed E-state index contributed by atoms with van der Waals surface area (Å²) in [5, 5.41) is 6.58. The molecule has 1 rings (SSSR count). The molecule has 0 amide bonds. The molecule has 0 aromatic carbocycles. The van der Waals surface area contributed by atoms with Gasteiger partial charge in [-0.25, -0.2) is 0 Å². The zero-order valence-corrected chi connectivity index (χ0v) is 5.81. The van der Waals surface area contributed by atoms with Gasteiger partial charge in [-0.15, -0.1) is 0 Å². The molecule has 0 fully saturated rings. The number of hydrogen-bond acceptors (Lipinski definition) is 2. The van der Waals surface area contributed by atoms with E-state index < -0.39 is 0 Å². The van der Waals surface area contributed by atoms with E-state index in [1.807, 2.05) is 18.2 Å². The molecule has 1 N–H and O–H groups in total. The molecule has 0 saturated carbocycles. The lowest BCUT2D eigenvalue weighted by Crippen LogP contribution is -1.69. The summed E-state index contributed by atoms with van der Waals surface area (Å²) in [5.41, 5.74) is 1.02. The van der Waals surface area contributed by atoms with E-state index in [0.29, 0.717) is 0 Å². The van der Waals surface area contributed by atoms with Crippen molar-refractivity contribution in [1.29, 1.82) is 0 Å². The summed E-state index contributed by atoms with van der Waals surface area (Å²) < 4.78 is 0. The first-order chi connectivity index (χ1) is 4.43. The maximum absolute atomic E-state index is 4.01. The molecule has 1 aromatic heterocycles. The van der Waals surface area contributed by atoms with E-state index >= 15 is 0 Å². The Labute approximate surface area is 59.4 Å². The molecule has 2 nitrogen and oxygen atoms in total. The smallest absolute Gasteiger partial charge is 0.0574 e. The van der Waals surface area contributed by atoms with Gasteiger partial charge in [0.15, 0.2) is 0 Å². The van der Waals surface area contributed by atoms with Gasteiger partial charge in [0, 0.05) is 11.9 Å². The van der Waals surface area contributed by atoms with E-state index in [-0.39, 0.29) is 0 Å². The predicted molar refractivity (Wildman–Crippen MR) is 41.5 cm³/mol. The lowest BCUT2D eigenvalue weighted by Gasteiger charge is -1.79. The van der Waals surface area contributed by atoms with Crippen LogP contribution in [-0.4, -0.2) is 16.0 Å². The molecule has 3 heteroatoms. The molecule has 0 aliphatic rings. The van der Waals surface area contributed by atoms with Crippen molar-refractivity contribution < 1.29 is 0 Å². The Hall–Kier alpha value is -0.700. The van der Waals surface area contributed by atoms with Crippen LogP contribution in [0.3, 0.4) is 0 Å². The van der Waals surface area contributed by atoms with Crippen LogP contribution in [0.15, 0.2) is 18.3 Å². The van der Waals surface area contributed by atoms with Gasteiger partial charge in [-0.3, -0.25) is 5.10 Å². The van der Waals surface area contributed by atoms with Crippen molar-refractivity contribution in [3.63, 3.8) is 0 Å². The van der Waals surface area contributed by atoms with Crippen molar-refractivity contribution in [2.45, 2.75) is 0 Å². The number of thiol groups is 1. The molecule has 0 spiro atoms. The summed E-state index contributed by atoms with van der Waals surface area (Å²) in [7, 11) is 0. The van der Waals surface area contributed by atoms with Gasteiger partial charge < -0.3 is 0 Å². The third-order valence-corrected chi connectivity index (χ3v) is 1.14. The van der Waals surface area contributed by atoms with Gasteiger partial charge in [0.2, 0.25) is 0 Å². The molecule has 9 heavy (non-hydrogen) atoms. The van der Waals surface area contributed by atoms with Crippen LogP contribution in [0.4, 0.5) is 0 Å². The van der Waals surface area contributed by atoms with E-state index in [1.54, 1.807) is 6.20 Å². The highest BCUT2D eigenvalue weighted by atomic mass is 32.1. The molecule has 0 aliphatic heterocycles. The van der Waals surface area contributed by atoms with Crippen molar-refractivity contribution in [3.05, 3.63) is 24.0 Å². The van der Waals surface area contributed by atoms with Crippen LogP contribution >= 0.6 is 12.6 Å². The van der Waals surface area contributed by atoms with Crippen LogP contribution in [0.5, 0.6) is 0 Å². The molecule has 0 unspecified atom stereocenters. The Balaban J connectivity index is 2.57. The van der Waals surface area contributed by atoms with E-state index in [1.165, 1.54) is 0 Å². The Morgan fingerprint density at radius 3 is 3.22 bits per heavy atom. The van der Waals surface area contributed by atoms with Gasteiger partial charge in [-0.05, 0) is 12.1 Å². The first-order valence-corrected chi connectivity index (χ1v) is 3.33. The molecule has 0 saturated heterocycles. The van der Waals surface area contributed by atoms with E-state index in [2.05, 4.69) is 22.8 Å². The first-order valence-electron chi connectivity index (χ1n) is 2.70. The zero-order chi connectivity index (χ0) is 6.53. The molecule has 0 atom stereocenters. The number of aromatic nitrogens is 2. The van der Waals surface area contributed by atoms with Crippen molar-refractivity contribution >= 4 is 18.7 Å². The highest BCUT2D eigenvalue weighted by Crippen LogP contribution is 1.94. The first kappa shape index (κ1) is 6.42. The standard InChI is InChI=1S/C6H8N2S/c9-5-1-2-6-3-4-7-8-6/h1-4,9H,5H2,(H,7,8). The second-order valence-electron chi connectivity index (χ2n) is 1.60. The minimum Gasteiger partial charge on any atom is -0.278 e. The van der Waals surface area contributed by atoms with Crippen molar-refractivity contribution in [3.8, 4) is 0 Å². The minimum atomic E-state index is 0.763. The van der Waals surface area contributed by atoms with Crippen molar-refractivity contribution in [2.75, 3.05) is 5.75 Å². The average molecular weight is 140 g/mol. The summed E-state index contributed by atoms with van der Waals surface area (Å²) in [6, 6.07) is 1.90. The molecule has 1 aromatic rings. The second-order valence-corrected chi connectivity index (χ2v) is 1.96. The summed E-state index contributed by atoms with van der Waals surface area (Å²) >= 11 is 4.01. The van der Waals surface area contributed by atoms with Crippen LogP contribution in [0.25, 0.3) is 6.08 Å². The van der Waals surface area contributed by atoms with Crippen LogP contribution in [-0.2, 0) is 0 Å². The quantitative estimate of drug-likeness (QED) is 0.596. The Bertz CT molecular complexity index is 179. The molecule has 0 bridgehead atoms. The lowest BCUT2D eigenvalue weighted by molar-refractivity contribution is 1.08. The maximum Gasteiger partial charge on any atom is 0.0574 e. The highest BCUT2D eigenvalue weighted by Gasteiger charge is 1.81. The van der Waals surface area contributed by atoms with Crippen LogP contribution in [0.1, 0.15) is 5.69 Å². The number of aromatic amines is 1. The monoisotopic (exact) mass is 140 g/mol. The summed E-state index contributed by atoms with van der Waals surface area (Å²) in [6.07, 6.45) is 5.62. The predicted octanol–water partition coefficient (Wildman–Crippen LogP) is 1.35. The fourth-order valence-corrected chi connectivity index (χ4v) is 0.645. The van der Waals surface area contributed by atoms with E-state index in [9.17, 15) is 0 Å². The Kier molecular flexibility index (Phi) is 2.39. The summed E-state index contributed by atoms with van der Waals surface area (Å²) in [6.45, 7) is 0. The van der Waals surface area contributed by atoms with Crippen molar-refractivity contribution in [1.82, 2.24) is 10.2 Å². The van der Waals surface area contributed by atoms with Crippen LogP contribution < -0.4 is 0 Å². The topological polar surface area (TPSA) is 28.7 Å². The number of hydrogen-bond donors (Lipinski definition) is 2. The zero-order valence-electron chi connectivity index (χ0n) is 4.91. The SMILES string of the molecule is SCC=Cc1ccn[nH]1. The van der Waals surface area contributed by atoms with Gasteiger partial charge in [0.05, 0.1) is 5.69 Å². The number of H-pyrrole nitrogens is 1. The fourth-order valence-electron chi connectivity index (χ4n) is 0.539. The highest BCUT2D eigenvalue weighted by molar-refractivity contribution is 7.80. The average Bonchev–Trinajstić information content (AvgIpc) is 2.34. The van der Waals surface area contributed by atoms with Gasteiger partial charge in [0.25, 0.3) is 0 Å². The van der Waals surface area contributed by atoms with Crippen LogP contribution in [0, 0.1) is 0 Å². The number of nitrogens with one attached hydrogen (secondary N) is 1. The van der Waals surface area contributed by atoms with Gasteiger partial charge >= 0.3 is 0 Å². The van der Waals surface area contributed by atoms with Crippen LogP contribution in [0.2, 0.25) is 0 Å². The van der Waals surface area contributed by atoms with E-state index in [0.717, 1.165) is 11.4 Å². The molecular weight excluding hydrogens is 132 g/mol. The Morgan fingerprint density at radius 2 is 2.67 bits per heavy atom. The number of nitrogens with zero attached hydrogens (tertiary/aromatic N) is 1. The summed E-state index contributed by atoms with van der Waals surface area (Å²) in [5.74, 6) is 0.763. The van der Waals surface area contributed by atoms with Gasteiger partial charge in [-0.2, -0.15) is 17.7 Å². The molecular formula is C6H8N2S. The van der Waals surface area contributed by atoms with Gasteiger partial charge in [-0.1, -0.05) is 6.08 Å². The third kappa shape index (κ3) is 1.93. The lowest BCUT2D eigenvalue weighted by atomic mass is 10.4. The molecule has 0 radical (unpaired) electrons. The van der Waals surface area contributed by atoms with E-state index in [4.69, 9.17) is 0 Å². The fraction of sp³-hybridized carbons (Fsp3) is 0.167. The normalized spacial score (nSPS) is 10.8. The third-order valence-electron chi connectivity index (χ3n) is 0.925. The summed E-state index contributed by atoms with van der Waals surface area (Å²) in [4.78, 5) is 0. The van der Waals surface area contributed by atoms with Crippen molar-refractivity contribution in [2.24, 2.45) is 0 Å². The minimum absolute atomic E-state index is 0.763. The van der Waals surface area contributed by atoms with Gasteiger partial charge in [0.1, 0.15) is 0 Å².